The third kappa shape index (κ3) is 6.79. The van der Waals surface area contributed by atoms with Crippen molar-refractivity contribution in [3.05, 3.63) is 119 Å². The third-order valence-electron chi connectivity index (χ3n) is 6.42. The van der Waals surface area contributed by atoms with Crippen molar-refractivity contribution >= 4 is 22.7 Å². The molecule has 0 aliphatic heterocycles. The van der Waals surface area contributed by atoms with E-state index in [1.165, 1.54) is 0 Å². The van der Waals surface area contributed by atoms with E-state index in [-0.39, 0.29) is 26.4 Å². The van der Waals surface area contributed by atoms with Gasteiger partial charge in [-0.3, -0.25) is 0 Å². The van der Waals surface area contributed by atoms with Crippen LogP contribution in [0.4, 0.5) is 22.7 Å². The summed E-state index contributed by atoms with van der Waals surface area (Å²) < 4.78 is 0. The predicted octanol–water partition coefficient (Wildman–Crippen LogP) is 4.72. The molecule has 4 aromatic carbocycles. The Hall–Kier alpha value is -3.68. The molecular formula is C32H36N2O4. The minimum Gasteiger partial charge on any atom is -0.396 e. The van der Waals surface area contributed by atoms with Gasteiger partial charge in [0, 0.05) is 26.4 Å². The van der Waals surface area contributed by atoms with E-state index in [1.54, 1.807) is 0 Å². The van der Waals surface area contributed by atoms with Crippen molar-refractivity contribution in [1.82, 2.24) is 0 Å². The van der Waals surface area contributed by atoms with Gasteiger partial charge in [0.25, 0.3) is 0 Å². The first-order valence-electron chi connectivity index (χ1n) is 13.1. The molecule has 0 amide bonds. The van der Waals surface area contributed by atoms with Gasteiger partial charge in [0.05, 0.1) is 22.7 Å². The number of rotatable bonds is 13. The highest BCUT2D eigenvalue weighted by molar-refractivity contribution is 5.78. The van der Waals surface area contributed by atoms with Crippen LogP contribution >= 0.6 is 0 Å². The van der Waals surface area contributed by atoms with Gasteiger partial charge in [0.1, 0.15) is 0 Å². The number of hydrogen-bond donors (Lipinski definition) is 4. The topological polar surface area (TPSA) is 87.4 Å². The lowest BCUT2D eigenvalue weighted by molar-refractivity contribution is 0.299. The molecule has 0 aromatic heterocycles. The van der Waals surface area contributed by atoms with Gasteiger partial charge in [-0.15, -0.1) is 0 Å². The lowest BCUT2D eigenvalue weighted by Gasteiger charge is -2.39. The van der Waals surface area contributed by atoms with E-state index < -0.39 is 0 Å². The van der Waals surface area contributed by atoms with E-state index in [1.807, 2.05) is 72.8 Å². The summed E-state index contributed by atoms with van der Waals surface area (Å²) in [5, 5.41) is 42.7. The number of anilines is 4. The summed E-state index contributed by atoms with van der Waals surface area (Å²) in [4.78, 5) is 0. The fourth-order valence-corrected chi connectivity index (χ4v) is 4.65. The summed E-state index contributed by atoms with van der Waals surface area (Å²) in [6.07, 6.45) is 2.18. The molecule has 38 heavy (non-hydrogen) atoms. The number of hydrazine groups is 1. The van der Waals surface area contributed by atoms with Crippen LogP contribution in [0.3, 0.4) is 0 Å². The van der Waals surface area contributed by atoms with Crippen LogP contribution in [0.5, 0.6) is 0 Å². The highest BCUT2D eigenvalue weighted by Gasteiger charge is 2.23. The summed E-state index contributed by atoms with van der Waals surface area (Å²) in [6.45, 7) is 0.244. The van der Waals surface area contributed by atoms with Crippen LogP contribution < -0.4 is 10.0 Å². The molecule has 6 heteroatoms. The molecule has 0 unspecified atom stereocenters. The number of nitrogens with zero attached hydrogens (tertiary/aromatic N) is 2. The number of aliphatic hydroxyl groups is 4. The second kappa shape index (κ2) is 13.7. The molecule has 0 aliphatic carbocycles. The standard InChI is InChI=1S/C32H36N2O4/c35-17-13-25-5-1-9-29(21-25)33(30-10-2-6-26(22-30)14-18-36)34(31-11-3-7-27(23-31)15-19-37)32-12-4-8-28(24-32)16-20-38/h1-12,21-24,35-38H,13-20H2. The molecule has 0 fully saturated rings. The quantitative estimate of drug-likeness (QED) is 0.194. The highest BCUT2D eigenvalue weighted by Crippen LogP contribution is 2.38. The van der Waals surface area contributed by atoms with Crippen molar-refractivity contribution in [3.63, 3.8) is 0 Å². The molecule has 4 aromatic rings. The summed E-state index contributed by atoms with van der Waals surface area (Å²) in [5.41, 5.74) is 7.73. The predicted molar refractivity (Wildman–Crippen MR) is 153 cm³/mol. The molecule has 4 rings (SSSR count). The summed E-state index contributed by atoms with van der Waals surface area (Å²) in [7, 11) is 0. The van der Waals surface area contributed by atoms with E-state index in [4.69, 9.17) is 0 Å². The Labute approximate surface area is 224 Å². The first kappa shape index (κ1) is 27.4. The van der Waals surface area contributed by atoms with Crippen molar-refractivity contribution in [2.45, 2.75) is 25.7 Å². The average molecular weight is 513 g/mol. The Balaban J connectivity index is 1.96. The molecule has 0 atom stereocenters. The van der Waals surface area contributed by atoms with Gasteiger partial charge >= 0.3 is 0 Å². The number of hydrogen-bond acceptors (Lipinski definition) is 6. The molecule has 0 bridgehead atoms. The van der Waals surface area contributed by atoms with Crippen LogP contribution in [0.1, 0.15) is 22.3 Å². The second-order valence-electron chi connectivity index (χ2n) is 9.20. The van der Waals surface area contributed by atoms with Gasteiger partial charge in [-0.25, -0.2) is 10.0 Å². The fraction of sp³-hybridized carbons (Fsp3) is 0.250. The SMILES string of the molecule is OCCc1cccc(N(c2cccc(CCO)c2)N(c2cccc(CCO)c2)c2cccc(CCO)c2)c1. The second-order valence-corrected chi connectivity index (χ2v) is 9.20. The molecular weight excluding hydrogens is 476 g/mol. The molecule has 4 N–H and O–H groups in total. The van der Waals surface area contributed by atoms with Gasteiger partial charge in [0.15, 0.2) is 0 Å². The Kier molecular flexibility index (Phi) is 9.90. The largest absolute Gasteiger partial charge is 0.396 e. The molecule has 0 spiro atoms. The molecule has 0 heterocycles. The zero-order valence-corrected chi connectivity index (χ0v) is 21.6. The van der Waals surface area contributed by atoms with E-state index in [9.17, 15) is 20.4 Å². The maximum absolute atomic E-state index is 9.60. The first-order valence-corrected chi connectivity index (χ1v) is 13.1. The van der Waals surface area contributed by atoms with Gasteiger partial charge in [-0.05, 0) is 96.5 Å². The van der Waals surface area contributed by atoms with Crippen molar-refractivity contribution < 1.29 is 20.4 Å². The van der Waals surface area contributed by atoms with Crippen LogP contribution in [0.2, 0.25) is 0 Å². The Morgan fingerprint density at radius 1 is 0.368 bits per heavy atom. The van der Waals surface area contributed by atoms with Gasteiger partial charge in [-0.2, -0.15) is 0 Å². The summed E-state index contributed by atoms with van der Waals surface area (Å²) >= 11 is 0. The van der Waals surface area contributed by atoms with E-state index in [0.717, 1.165) is 45.0 Å². The molecule has 0 saturated carbocycles. The lowest BCUT2D eigenvalue weighted by Crippen LogP contribution is -2.36. The van der Waals surface area contributed by atoms with Gasteiger partial charge in [0.2, 0.25) is 0 Å². The van der Waals surface area contributed by atoms with Crippen molar-refractivity contribution in [1.29, 1.82) is 0 Å². The highest BCUT2D eigenvalue weighted by atomic mass is 16.3. The molecule has 198 valence electrons. The van der Waals surface area contributed by atoms with E-state index in [2.05, 4.69) is 34.3 Å². The average Bonchev–Trinajstić information content (AvgIpc) is 2.93. The Morgan fingerprint density at radius 3 is 0.816 bits per heavy atom. The van der Waals surface area contributed by atoms with Crippen LogP contribution in [0.15, 0.2) is 97.1 Å². The summed E-state index contributed by atoms with van der Waals surface area (Å²) in [6, 6.07) is 32.5. The van der Waals surface area contributed by atoms with Gasteiger partial charge in [-0.1, -0.05) is 48.5 Å². The number of benzene rings is 4. The fourth-order valence-electron chi connectivity index (χ4n) is 4.65. The van der Waals surface area contributed by atoms with Crippen molar-refractivity contribution in [3.8, 4) is 0 Å². The van der Waals surface area contributed by atoms with Crippen LogP contribution in [-0.2, 0) is 25.7 Å². The molecule has 0 saturated heterocycles. The van der Waals surface area contributed by atoms with Crippen molar-refractivity contribution in [2.75, 3.05) is 36.4 Å². The normalized spacial score (nSPS) is 10.9. The van der Waals surface area contributed by atoms with Crippen LogP contribution in [0, 0.1) is 0 Å². The minimum absolute atomic E-state index is 0.0611. The van der Waals surface area contributed by atoms with E-state index in [0.29, 0.717) is 25.7 Å². The molecule has 0 radical (unpaired) electrons. The first-order chi connectivity index (χ1) is 18.7. The number of aliphatic hydroxyl groups excluding tert-OH is 4. The zero-order chi connectivity index (χ0) is 26.7. The zero-order valence-electron chi connectivity index (χ0n) is 21.6. The maximum atomic E-state index is 9.60. The summed E-state index contributed by atoms with van der Waals surface area (Å²) in [5.74, 6) is 0. The molecule has 0 aliphatic rings. The van der Waals surface area contributed by atoms with Crippen LogP contribution in [-0.4, -0.2) is 46.9 Å². The monoisotopic (exact) mass is 512 g/mol. The Bertz CT molecular complexity index is 1110. The molecule has 6 nitrogen and oxygen atoms in total. The van der Waals surface area contributed by atoms with Crippen molar-refractivity contribution in [2.24, 2.45) is 0 Å². The maximum Gasteiger partial charge on any atom is 0.0639 e. The van der Waals surface area contributed by atoms with Crippen LogP contribution in [0.25, 0.3) is 0 Å². The lowest BCUT2D eigenvalue weighted by atomic mass is 10.1. The van der Waals surface area contributed by atoms with Gasteiger partial charge < -0.3 is 20.4 Å². The van der Waals surface area contributed by atoms with E-state index >= 15 is 0 Å². The smallest absolute Gasteiger partial charge is 0.0639 e. The third-order valence-corrected chi connectivity index (χ3v) is 6.42. The Morgan fingerprint density at radius 2 is 0.605 bits per heavy atom. The minimum atomic E-state index is 0.0611.